The molecule has 3 aromatic rings. The summed E-state index contributed by atoms with van der Waals surface area (Å²) in [7, 11) is 1.49. The molecule has 10 heteroatoms. The van der Waals surface area contributed by atoms with E-state index in [1.165, 1.54) is 13.3 Å². The van der Waals surface area contributed by atoms with Gasteiger partial charge in [0, 0.05) is 40.4 Å². The highest BCUT2D eigenvalue weighted by Crippen LogP contribution is 2.43. The number of fused-ring (bicyclic) bond motifs is 1. The fraction of sp³-hybridized carbons (Fsp3) is 0.467. The van der Waals surface area contributed by atoms with Crippen molar-refractivity contribution in [1.82, 2.24) is 9.88 Å². The summed E-state index contributed by atoms with van der Waals surface area (Å²) >= 11 is 0. The fourth-order valence-electron chi connectivity index (χ4n) is 5.79. The Bertz CT molecular complexity index is 1320. The van der Waals surface area contributed by atoms with Crippen LogP contribution in [-0.4, -0.2) is 47.7 Å². The number of nitrogens with zero attached hydrogens (tertiary/aromatic N) is 2. The van der Waals surface area contributed by atoms with Crippen molar-refractivity contribution in [2.24, 2.45) is 5.41 Å². The van der Waals surface area contributed by atoms with Crippen molar-refractivity contribution in [1.29, 1.82) is 0 Å². The van der Waals surface area contributed by atoms with E-state index in [2.05, 4.69) is 9.88 Å². The van der Waals surface area contributed by atoms with Crippen LogP contribution in [0, 0.1) is 22.9 Å². The quantitative estimate of drug-likeness (QED) is 0.238. The first kappa shape index (κ1) is 29.7. The van der Waals surface area contributed by atoms with Gasteiger partial charge in [-0.05, 0) is 81.8 Å². The maximum atomic E-state index is 15.8. The minimum Gasteiger partial charge on any atom is -0.497 e. The highest BCUT2D eigenvalue weighted by atomic mass is 19.2. The summed E-state index contributed by atoms with van der Waals surface area (Å²) in [5, 5.41) is 10.1. The van der Waals surface area contributed by atoms with Gasteiger partial charge in [0.2, 0.25) is 0 Å². The number of carboxylic acid groups (broad SMARTS) is 1. The third-order valence-corrected chi connectivity index (χ3v) is 8.03. The second kappa shape index (κ2) is 12.9. The summed E-state index contributed by atoms with van der Waals surface area (Å²) in [6, 6.07) is 6.36. The van der Waals surface area contributed by atoms with Crippen LogP contribution in [0.1, 0.15) is 61.4 Å². The van der Waals surface area contributed by atoms with Crippen LogP contribution in [0.4, 0.5) is 22.0 Å². The molecule has 5 nitrogen and oxygen atoms in total. The molecule has 2 aromatic carbocycles. The first-order valence-electron chi connectivity index (χ1n) is 13.4. The van der Waals surface area contributed by atoms with Crippen LogP contribution < -0.4 is 4.74 Å². The van der Waals surface area contributed by atoms with E-state index in [-0.39, 0.29) is 36.0 Å². The predicted octanol–water partition coefficient (Wildman–Crippen LogP) is 7.11. The molecular formula is C30H33F5N2O3. The summed E-state index contributed by atoms with van der Waals surface area (Å²) < 4.78 is 75.9. The Hall–Kier alpha value is -3.27. The molecule has 216 valence electrons. The summed E-state index contributed by atoms with van der Waals surface area (Å²) in [5.41, 5.74) is 0.114. The van der Waals surface area contributed by atoms with Gasteiger partial charge in [0.25, 0.3) is 0 Å². The lowest BCUT2D eigenvalue weighted by atomic mass is 9.71. The minimum absolute atomic E-state index is 0.0275. The van der Waals surface area contributed by atoms with E-state index < -0.39 is 41.7 Å². The normalized spacial score (nSPS) is 16.2. The van der Waals surface area contributed by atoms with E-state index in [1.54, 1.807) is 18.2 Å². The standard InChI is InChI=1S/C30H33F5N2O3/c1-40-21-4-5-27-23(15-21)29(19(17-31)18-36-27)24(33)6-7-30(16-28(38)39)8-11-37(12-9-30)10-2-3-22-25(34)13-20(32)14-26(22)35/h4-5,13-15,18,24H,2-3,6-12,16-17H2,1H3,(H,38,39)/t24-/m1/s1. The van der Waals surface area contributed by atoms with Crippen molar-refractivity contribution in [3.8, 4) is 5.75 Å². The van der Waals surface area contributed by atoms with Gasteiger partial charge in [0.1, 0.15) is 36.0 Å². The second-order valence-corrected chi connectivity index (χ2v) is 10.6. The zero-order valence-corrected chi connectivity index (χ0v) is 22.4. The number of likely N-dealkylation sites (tertiary alicyclic amines) is 1. The van der Waals surface area contributed by atoms with Crippen LogP contribution in [0.25, 0.3) is 10.9 Å². The van der Waals surface area contributed by atoms with E-state index in [4.69, 9.17) is 4.74 Å². The lowest BCUT2D eigenvalue weighted by Gasteiger charge is -2.41. The molecule has 0 unspecified atom stereocenters. The summed E-state index contributed by atoms with van der Waals surface area (Å²) in [6.07, 6.45) is 1.64. The molecule has 0 amide bonds. The number of halogens is 5. The molecule has 0 saturated carbocycles. The summed E-state index contributed by atoms with van der Waals surface area (Å²) in [5.74, 6) is -3.24. The van der Waals surface area contributed by atoms with E-state index in [9.17, 15) is 27.5 Å². The maximum Gasteiger partial charge on any atom is 0.303 e. The van der Waals surface area contributed by atoms with E-state index in [0.717, 1.165) is 0 Å². The minimum atomic E-state index is -1.52. The van der Waals surface area contributed by atoms with Gasteiger partial charge < -0.3 is 14.7 Å². The van der Waals surface area contributed by atoms with Crippen molar-refractivity contribution >= 4 is 16.9 Å². The largest absolute Gasteiger partial charge is 0.497 e. The number of aromatic nitrogens is 1. The number of pyridine rings is 1. The van der Waals surface area contributed by atoms with E-state index >= 15 is 4.39 Å². The van der Waals surface area contributed by atoms with Gasteiger partial charge in [-0.15, -0.1) is 0 Å². The Morgan fingerprint density at radius 2 is 1.85 bits per heavy atom. The molecular weight excluding hydrogens is 531 g/mol. The highest BCUT2D eigenvalue weighted by Gasteiger charge is 2.37. The number of benzene rings is 2. The van der Waals surface area contributed by atoms with Crippen LogP contribution in [-0.2, 0) is 17.9 Å². The number of rotatable bonds is 12. The van der Waals surface area contributed by atoms with Crippen LogP contribution in [0.15, 0.2) is 36.5 Å². The topological polar surface area (TPSA) is 62.7 Å². The molecule has 1 atom stereocenters. The number of carbonyl (C=O) groups is 1. The Kier molecular flexibility index (Phi) is 9.60. The average molecular weight is 565 g/mol. The lowest BCUT2D eigenvalue weighted by Crippen LogP contribution is -2.41. The van der Waals surface area contributed by atoms with Gasteiger partial charge in [0.05, 0.1) is 19.0 Å². The van der Waals surface area contributed by atoms with Gasteiger partial charge in [-0.3, -0.25) is 9.78 Å². The molecule has 1 aliphatic heterocycles. The molecule has 40 heavy (non-hydrogen) atoms. The number of carboxylic acids is 1. The number of hydrogen-bond donors (Lipinski definition) is 1. The van der Waals surface area contributed by atoms with Crippen LogP contribution in [0.5, 0.6) is 5.75 Å². The van der Waals surface area contributed by atoms with Crippen molar-refractivity contribution in [3.05, 3.63) is 70.7 Å². The van der Waals surface area contributed by atoms with Crippen molar-refractivity contribution in [2.45, 2.75) is 57.8 Å². The molecule has 0 spiro atoms. The fourth-order valence-corrected chi connectivity index (χ4v) is 5.79. The number of piperidine rings is 1. The Labute approximate surface area is 230 Å². The zero-order valence-electron chi connectivity index (χ0n) is 22.4. The SMILES string of the molecule is COc1ccc2ncc(CF)c([C@H](F)CCC3(CC(=O)O)CCN(CCCc4c(F)cc(F)cc4F)CC3)c2c1. The van der Waals surface area contributed by atoms with Crippen molar-refractivity contribution in [3.63, 3.8) is 0 Å². The third kappa shape index (κ3) is 6.89. The number of methoxy groups -OCH3 is 1. The third-order valence-electron chi connectivity index (χ3n) is 8.03. The van der Waals surface area contributed by atoms with Crippen LogP contribution in [0.2, 0.25) is 0 Å². The van der Waals surface area contributed by atoms with Gasteiger partial charge >= 0.3 is 5.97 Å². The molecule has 0 radical (unpaired) electrons. The second-order valence-electron chi connectivity index (χ2n) is 10.6. The summed E-state index contributed by atoms with van der Waals surface area (Å²) in [6.45, 7) is 0.778. The predicted molar refractivity (Wildman–Crippen MR) is 141 cm³/mol. The molecule has 1 saturated heterocycles. The first-order valence-corrected chi connectivity index (χ1v) is 13.4. The smallest absolute Gasteiger partial charge is 0.303 e. The lowest BCUT2D eigenvalue weighted by molar-refractivity contribution is -0.141. The number of hydrogen-bond acceptors (Lipinski definition) is 4. The molecule has 1 aromatic heterocycles. The van der Waals surface area contributed by atoms with Gasteiger partial charge in [0.15, 0.2) is 0 Å². The van der Waals surface area contributed by atoms with Gasteiger partial charge in [-0.1, -0.05) is 0 Å². The molecule has 1 N–H and O–H groups in total. The summed E-state index contributed by atoms with van der Waals surface area (Å²) in [4.78, 5) is 18.1. The molecule has 1 aliphatic rings. The zero-order chi connectivity index (χ0) is 28.9. The number of aliphatic carboxylic acids is 1. The van der Waals surface area contributed by atoms with Gasteiger partial charge in [-0.25, -0.2) is 22.0 Å². The molecule has 1 fully saturated rings. The van der Waals surface area contributed by atoms with Gasteiger partial charge in [-0.2, -0.15) is 0 Å². The Morgan fingerprint density at radius 1 is 1.15 bits per heavy atom. The highest BCUT2D eigenvalue weighted by molar-refractivity contribution is 5.85. The molecule has 2 heterocycles. The van der Waals surface area contributed by atoms with Crippen LogP contribution >= 0.6 is 0 Å². The molecule has 4 rings (SSSR count). The van der Waals surface area contributed by atoms with Crippen molar-refractivity contribution in [2.75, 3.05) is 26.7 Å². The van der Waals surface area contributed by atoms with E-state index in [1.807, 2.05) is 0 Å². The first-order chi connectivity index (χ1) is 19.1. The Morgan fingerprint density at radius 3 is 2.48 bits per heavy atom. The van der Waals surface area contributed by atoms with Crippen LogP contribution in [0.3, 0.4) is 0 Å². The van der Waals surface area contributed by atoms with E-state index in [0.29, 0.717) is 74.1 Å². The number of alkyl halides is 2. The number of ether oxygens (including phenoxy) is 1. The monoisotopic (exact) mass is 564 g/mol. The molecule has 0 aliphatic carbocycles. The van der Waals surface area contributed by atoms with Crippen molar-refractivity contribution < 1.29 is 36.6 Å². The average Bonchev–Trinajstić information content (AvgIpc) is 2.92. The maximum absolute atomic E-state index is 15.8. The Balaban J connectivity index is 1.41. The molecule has 0 bridgehead atoms.